The quantitative estimate of drug-likeness (QED) is 0.744. The molecule has 2 N–H and O–H groups in total. The number of hydrogen-bond donors (Lipinski definition) is 2. The number of thiazole rings is 1. The largest absolute Gasteiger partial charge is 0.492 e. The lowest BCUT2D eigenvalue weighted by molar-refractivity contribution is -0.112. The SMILES string of the molecule is Cc1c(Cl)cccc1Nc1nc(O)c(C2=c3ccccc3=NC2=O)s1. The van der Waals surface area contributed by atoms with Crippen LogP contribution in [-0.2, 0) is 4.79 Å². The number of carbonyl (C=O) groups excluding carboxylic acids is 1. The standard InChI is InChI=1S/C18H12ClN3O2S/c1-9-11(19)6-4-8-12(9)21-18-22-17(24)15(25-18)14-10-5-2-3-7-13(10)20-16(14)23/h2-8,24H,1H3,(H,21,22). The van der Waals surface area contributed by atoms with Crippen LogP contribution in [-0.4, -0.2) is 16.0 Å². The fourth-order valence-electron chi connectivity index (χ4n) is 2.67. The Morgan fingerprint density at radius 3 is 2.80 bits per heavy atom. The summed E-state index contributed by atoms with van der Waals surface area (Å²) in [7, 11) is 0. The van der Waals surface area contributed by atoms with Crippen LogP contribution in [0.3, 0.4) is 0 Å². The molecule has 1 amide bonds. The van der Waals surface area contributed by atoms with Gasteiger partial charge in [0.15, 0.2) is 5.13 Å². The fourth-order valence-corrected chi connectivity index (χ4v) is 3.77. The van der Waals surface area contributed by atoms with Crippen LogP contribution in [0.1, 0.15) is 10.4 Å². The van der Waals surface area contributed by atoms with Crippen molar-refractivity contribution in [2.45, 2.75) is 6.92 Å². The number of benzene rings is 2. The van der Waals surface area contributed by atoms with Crippen molar-refractivity contribution >= 4 is 45.2 Å². The third kappa shape index (κ3) is 2.69. The summed E-state index contributed by atoms with van der Waals surface area (Å²) in [6, 6.07) is 12.7. The van der Waals surface area contributed by atoms with Crippen molar-refractivity contribution in [1.82, 2.24) is 4.98 Å². The van der Waals surface area contributed by atoms with Crippen molar-refractivity contribution in [3.63, 3.8) is 0 Å². The van der Waals surface area contributed by atoms with E-state index in [2.05, 4.69) is 15.3 Å². The summed E-state index contributed by atoms with van der Waals surface area (Å²) in [5.74, 6) is -0.562. The van der Waals surface area contributed by atoms with E-state index in [0.717, 1.165) is 11.3 Å². The lowest BCUT2D eigenvalue weighted by Gasteiger charge is -2.07. The molecule has 0 atom stereocenters. The molecule has 0 unspecified atom stereocenters. The average molecular weight is 370 g/mol. The van der Waals surface area contributed by atoms with Gasteiger partial charge in [0.2, 0.25) is 5.88 Å². The highest BCUT2D eigenvalue weighted by molar-refractivity contribution is 7.17. The van der Waals surface area contributed by atoms with Gasteiger partial charge in [-0.05, 0) is 30.7 Å². The zero-order valence-electron chi connectivity index (χ0n) is 13.1. The van der Waals surface area contributed by atoms with Gasteiger partial charge in [0.25, 0.3) is 5.91 Å². The van der Waals surface area contributed by atoms with E-state index in [0.29, 0.717) is 31.2 Å². The second kappa shape index (κ2) is 5.98. The molecule has 0 spiro atoms. The normalized spacial score (nSPS) is 12.9. The minimum absolute atomic E-state index is 0.192. The van der Waals surface area contributed by atoms with Gasteiger partial charge in [0.1, 0.15) is 4.88 Å². The maximum atomic E-state index is 12.3. The first kappa shape index (κ1) is 15.8. The Morgan fingerprint density at radius 2 is 1.96 bits per heavy atom. The molecule has 5 nitrogen and oxygen atoms in total. The summed E-state index contributed by atoms with van der Waals surface area (Å²) in [6.45, 7) is 1.89. The Hall–Kier alpha value is -2.70. The molecule has 7 heteroatoms. The van der Waals surface area contributed by atoms with Gasteiger partial charge in [-0.2, -0.15) is 4.98 Å². The first-order valence-electron chi connectivity index (χ1n) is 7.49. The van der Waals surface area contributed by atoms with Crippen molar-refractivity contribution in [2.24, 2.45) is 4.99 Å². The van der Waals surface area contributed by atoms with E-state index in [1.165, 1.54) is 11.3 Å². The number of hydrogen-bond acceptors (Lipinski definition) is 5. The Morgan fingerprint density at radius 1 is 1.16 bits per heavy atom. The summed E-state index contributed by atoms with van der Waals surface area (Å²) >= 11 is 7.33. The van der Waals surface area contributed by atoms with Gasteiger partial charge in [-0.1, -0.05) is 47.2 Å². The third-order valence-electron chi connectivity index (χ3n) is 3.95. The van der Waals surface area contributed by atoms with E-state index < -0.39 is 0 Å². The molecule has 124 valence electrons. The number of nitrogens with zero attached hydrogens (tertiary/aromatic N) is 2. The maximum absolute atomic E-state index is 12.3. The van der Waals surface area contributed by atoms with Crippen LogP contribution in [0.25, 0.3) is 5.57 Å². The topological polar surface area (TPSA) is 74.6 Å². The van der Waals surface area contributed by atoms with Crippen molar-refractivity contribution in [3.05, 3.63) is 68.5 Å². The lowest BCUT2D eigenvalue weighted by atomic mass is 10.1. The summed E-state index contributed by atoms with van der Waals surface area (Å²) < 4.78 is 0. The molecule has 1 aliphatic heterocycles. The molecule has 2 aromatic carbocycles. The van der Waals surface area contributed by atoms with Crippen LogP contribution in [0.4, 0.5) is 10.8 Å². The number of para-hydroxylation sites is 1. The molecule has 25 heavy (non-hydrogen) atoms. The number of anilines is 2. The van der Waals surface area contributed by atoms with Crippen LogP contribution < -0.4 is 15.9 Å². The lowest BCUT2D eigenvalue weighted by Crippen LogP contribution is -2.22. The molecule has 0 saturated heterocycles. The van der Waals surface area contributed by atoms with Crippen LogP contribution in [0.15, 0.2) is 47.5 Å². The smallest absolute Gasteiger partial charge is 0.279 e. The predicted molar refractivity (Wildman–Crippen MR) is 98.0 cm³/mol. The van der Waals surface area contributed by atoms with Crippen molar-refractivity contribution < 1.29 is 9.90 Å². The third-order valence-corrected chi connectivity index (χ3v) is 5.34. The maximum Gasteiger partial charge on any atom is 0.279 e. The van der Waals surface area contributed by atoms with Crippen LogP contribution in [0.2, 0.25) is 5.02 Å². The number of aromatic hydroxyl groups is 1. The van der Waals surface area contributed by atoms with Gasteiger partial charge in [-0.15, -0.1) is 0 Å². The molecule has 4 rings (SSSR count). The molecule has 0 bridgehead atoms. The van der Waals surface area contributed by atoms with Crippen molar-refractivity contribution in [2.75, 3.05) is 5.32 Å². The Labute approximate surface area is 152 Å². The second-order valence-electron chi connectivity index (χ2n) is 5.52. The second-order valence-corrected chi connectivity index (χ2v) is 6.92. The monoisotopic (exact) mass is 369 g/mol. The minimum atomic E-state index is -0.370. The Kier molecular flexibility index (Phi) is 3.78. The van der Waals surface area contributed by atoms with E-state index in [9.17, 15) is 9.90 Å². The number of aromatic nitrogens is 1. The van der Waals surface area contributed by atoms with Crippen molar-refractivity contribution in [3.8, 4) is 5.88 Å². The van der Waals surface area contributed by atoms with Gasteiger partial charge in [0, 0.05) is 15.9 Å². The molecule has 0 radical (unpaired) electrons. The first-order chi connectivity index (χ1) is 12.0. The van der Waals surface area contributed by atoms with E-state index >= 15 is 0 Å². The van der Waals surface area contributed by atoms with E-state index in [1.807, 2.05) is 37.3 Å². The summed E-state index contributed by atoms with van der Waals surface area (Å²) in [5.41, 5.74) is 2.05. The number of fused-ring (bicyclic) bond motifs is 1. The van der Waals surface area contributed by atoms with Gasteiger partial charge >= 0.3 is 0 Å². The minimum Gasteiger partial charge on any atom is -0.492 e. The van der Waals surface area contributed by atoms with E-state index in [4.69, 9.17) is 11.6 Å². The first-order valence-corrected chi connectivity index (χ1v) is 8.69. The van der Waals surface area contributed by atoms with Gasteiger partial charge in [-0.25, -0.2) is 4.99 Å². The summed E-state index contributed by atoms with van der Waals surface area (Å²) in [4.78, 5) is 20.8. The molecule has 1 aliphatic rings. The molecule has 2 heterocycles. The van der Waals surface area contributed by atoms with Crippen LogP contribution >= 0.6 is 22.9 Å². The average Bonchev–Trinajstić information content (AvgIpc) is 3.10. The van der Waals surface area contributed by atoms with Gasteiger partial charge in [-0.3, -0.25) is 4.79 Å². The summed E-state index contributed by atoms with van der Waals surface area (Å²) in [5, 5.41) is 15.8. The molecule has 1 aromatic heterocycles. The highest BCUT2D eigenvalue weighted by Crippen LogP contribution is 2.36. The molecule has 3 aromatic rings. The zero-order chi connectivity index (χ0) is 17.6. The fraction of sp³-hybridized carbons (Fsp3) is 0.0556. The number of carbonyl (C=O) groups is 1. The number of rotatable bonds is 3. The predicted octanol–water partition coefficient (Wildman–Crippen LogP) is 2.91. The van der Waals surface area contributed by atoms with Crippen molar-refractivity contribution in [1.29, 1.82) is 0 Å². The molecule has 0 saturated carbocycles. The molecule has 0 aliphatic carbocycles. The number of amides is 1. The molecule has 0 fully saturated rings. The van der Waals surface area contributed by atoms with E-state index in [1.54, 1.807) is 12.1 Å². The molecular weight excluding hydrogens is 358 g/mol. The number of halogens is 1. The Bertz CT molecular complexity index is 1140. The van der Waals surface area contributed by atoms with Crippen LogP contribution in [0, 0.1) is 6.92 Å². The highest BCUT2D eigenvalue weighted by Gasteiger charge is 2.24. The van der Waals surface area contributed by atoms with Gasteiger partial charge in [0.05, 0.1) is 10.9 Å². The van der Waals surface area contributed by atoms with Crippen LogP contribution in [0.5, 0.6) is 5.88 Å². The van der Waals surface area contributed by atoms with Gasteiger partial charge < -0.3 is 10.4 Å². The number of nitrogens with one attached hydrogen (secondary N) is 1. The van der Waals surface area contributed by atoms with E-state index in [-0.39, 0.29) is 11.8 Å². The molecular formula is C18H12ClN3O2S. The summed E-state index contributed by atoms with van der Waals surface area (Å²) in [6.07, 6.45) is 0. The zero-order valence-corrected chi connectivity index (χ0v) is 14.6. The highest BCUT2D eigenvalue weighted by atomic mass is 35.5. The Balaban J connectivity index is 1.79.